The van der Waals surface area contributed by atoms with Crippen LogP contribution in [0.25, 0.3) is 0 Å². The van der Waals surface area contributed by atoms with Crippen molar-refractivity contribution < 1.29 is 23.9 Å². The highest BCUT2D eigenvalue weighted by molar-refractivity contribution is 6.42. The number of methoxy groups -OCH3 is 1. The number of aryl methyl sites for hydroxylation is 1. The van der Waals surface area contributed by atoms with Gasteiger partial charge in [0.25, 0.3) is 0 Å². The van der Waals surface area contributed by atoms with Crippen molar-refractivity contribution in [3.8, 4) is 5.75 Å². The van der Waals surface area contributed by atoms with Crippen LogP contribution < -0.4 is 4.74 Å². The Kier molecular flexibility index (Phi) is 5.30. The molecule has 0 radical (unpaired) electrons. The van der Waals surface area contributed by atoms with Gasteiger partial charge in [-0.15, -0.1) is 0 Å². The molecule has 5 nitrogen and oxygen atoms in total. The molecule has 0 fully saturated rings. The highest BCUT2D eigenvalue weighted by Gasteiger charge is 2.15. The van der Waals surface area contributed by atoms with Crippen LogP contribution in [0, 0.1) is 12.7 Å². The van der Waals surface area contributed by atoms with E-state index in [1.54, 1.807) is 38.3 Å². The standard InChI is InChI=1S/C17H16FNO4/c1-11-3-6-13(9-15(11)18)16(17(20)21)19-23-10-12-4-7-14(22-2)8-5-12/h3-9H,10H2,1-2H3,(H,20,21)/b19-16-. The Labute approximate surface area is 133 Å². The van der Waals surface area contributed by atoms with Gasteiger partial charge in [-0.1, -0.05) is 29.4 Å². The van der Waals surface area contributed by atoms with E-state index in [9.17, 15) is 14.3 Å². The van der Waals surface area contributed by atoms with E-state index < -0.39 is 11.8 Å². The fourth-order valence-corrected chi connectivity index (χ4v) is 1.85. The molecule has 0 saturated carbocycles. The van der Waals surface area contributed by atoms with Gasteiger partial charge < -0.3 is 14.7 Å². The number of hydrogen-bond donors (Lipinski definition) is 1. The maximum atomic E-state index is 13.6. The molecule has 2 aromatic rings. The van der Waals surface area contributed by atoms with Crippen molar-refractivity contribution >= 4 is 11.7 Å². The number of rotatable bonds is 6. The van der Waals surface area contributed by atoms with Gasteiger partial charge in [-0.05, 0) is 36.2 Å². The van der Waals surface area contributed by atoms with Crippen LogP contribution in [0.1, 0.15) is 16.7 Å². The summed E-state index contributed by atoms with van der Waals surface area (Å²) in [6.45, 7) is 1.69. The fourth-order valence-electron chi connectivity index (χ4n) is 1.85. The second kappa shape index (κ2) is 7.40. The number of carbonyl (C=O) groups is 1. The lowest BCUT2D eigenvalue weighted by Crippen LogP contribution is -2.15. The number of oxime groups is 1. The molecule has 0 aliphatic rings. The minimum Gasteiger partial charge on any atom is -0.497 e. The van der Waals surface area contributed by atoms with E-state index >= 15 is 0 Å². The first-order chi connectivity index (χ1) is 11.0. The van der Waals surface area contributed by atoms with E-state index in [0.717, 1.165) is 11.6 Å². The quantitative estimate of drug-likeness (QED) is 0.656. The van der Waals surface area contributed by atoms with Crippen LogP contribution in [0.15, 0.2) is 47.6 Å². The van der Waals surface area contributed by atoms with E-state index in [-0.39, 0.29) is 17.9 Å². The van der Waals surface area contributed by atoms with Crippen LogP contribution >= 0.6 is 0 Å². The summed E-state index contributed by atoms with van der Waals surface area (Å²) in [7, 11) is 1.57. The molecule has 0 atom stereocenters. The molecule has 0 aliphatic carbocycles. The Morgan fingerprint density at radius 3 is 2.48 bits per heavy atom. The Bertz CT molecular complexity index is 726. The third-order valence-electron chi connectivity index (χ3n) is 3.19. The molecule has 0 bridgehead atoms. The molecule has 0 aromatic heterocycles. The highest BCUT2D eigenvalue weighted by atomic mass is 19.1. The second-order valence-corrected chi connectivity index (χ2v) is 4.83. The smallest absolute Gasteiger partial charge is 0.358 e. The molecule has 2 rings (SSSR count). The SMILES string of the molecule is COc1ccc(CO/N=C(\C(=O)O)c2ccc(C)c(F)c2)cc1. The van der Waals surface area contributed by atoms with Crippen molar-refractivity contribution in [3.05, 3.63) is 65.0 Å². The highest BCUT2D eigenvalue weighted by Crippen LogP contribution is 2.13. The average Bonchev–Trinajstić information content (AvgIpc) is 2.54. The maximum absolute atomic E-state index is 13.6. The van der Waals surface area contributed by atoms with E-state index in [1.165, 1.54) is 12.1 Å². The van der Waals surface area contributed by atoms with Crippen molar-refractivity contribution in [3.63, 3.8) is 0 Å². The van der Waals surface area contributed by atoms with E-state index in [2.05, 4.69) is 5.16 Å². The number of nitrogens with zero attached hydrogens (tertiary/aromatic N) is 1. The molecule has 6 heteroatoms. The first-order valence-corrected chi connectivity index (χ1v) is 6.84. The minimum atomic E-state index is -1.29. The van der Waals surface area contributed by atoms with Crippen molar-refractivity contribution in [2.75, 3.05) is 7.11 Å². The predicted molar refractivity (Wildman–Crippen MR) is 83.1 cm³/mol. The summed E-state index contributed by atoms with van der Waals surface area (Å²) in [5, 5.41) is 12.8. The van der Waals surface area contributed by atoms with E-state index in [1.807, 2.05) is 0 Å². The van der Waals surface area contributed by atoms with Crippen molar-refractivity contribution in [2.45, 2.75) is 13.5 Å². The first-order valence-electron chi connectivity index (χ1n) is 6.84. The largest absolute Gasteiger partial charge is 0.497 e. The molecule has 0 saturated heterocycles. The van der Waals surface area contributed by atoms with Crippen LogP contribution in [-0.4, -0.2) is 23.9 Å². The van der Waals surface area contributed by atoms with Crippen molar-refractivity contribution in [1.82, 2.24) is 0 Å². The van der Waals surface area contributed by atoms with E-state index in [0.29, 0.717) is 11.3 Å². The Balaban J connectivity index is 2.12. The summed E-state index contributed by atoms with van der Waals surface area (Å²) in [4.78, 5) is 16.4. The topological polar surface area (TPSA) is 68.1 Å². The van der Waals surface area contributed by atoms with Crippen molar-refractivity contribution in [1.29, 1.82) is 0 Å². The molecule has 120 valence electrons. The molecule has 0 heterocycles. The Morgan fingerprint density at radius 1 is 1.22 bits per heavy atom. The van der Waals surface area contributed by atoms with Crippen LogP contribution in [0.2, 0.25) is 0 Å². The van der Waals surface area contributed by atoms with Gasteiger partial charge in [-0.2, -0.15) is 0 Å². The summed E-state index contributed by atoms with van der Waals surface area (Å²) >= 11 is 0. The molecular weight excluding hydrogens is 301 g/mol. The zero-order valence-corrected chi connectivity index (χ0v) is 12.7. The summed E-state index contributed by atoms with van der Waals surface area (Å²) in [5.74, 6) is -1.08. The predicted octanol–water partition coefficient (Wildman–Crippen LogP) is 3.15. The number of carboxylic acids is 1. The van der Waals surface area contributed by atoms with Crippen LogP contribution in [-0.2, 0) is 16.2 Å². The normalized spacial score (nSPS) is 11.2. The maximum Gasteiger partial charge on any atom is 0.358 e. The second-order valence-electron chi connectivity index (χ2n) is 4.83. The third kappa shape index (κ3) is 4.29. The van der Waals surface area contributed by atoms with Crippen LogP contribution in [0.5, 0.6) is 5.75 Å². The fraction of sp³-hybridized carbons (Fsp3) is 0.176. The van der Waals surface area contributed by atoms with Crippen molar-refractivity contribution in [2.24, 2.45) is 5.16 Å². The van der Waals surface area contributed by atoms with Gasteiger partial charge in [-0.25, -0.2) is 9.18 Å². The lowest BCUT2D eigenvalue weighted by molar-refractivity contribution is -0.129. The lowest BCUT2D eigenvalue weighted by Gasteiger charge is -2.05. The Hall–Kier alpha value is -2.89. The zero-order valence-electron chi connectivity index (χ0n) is 12.7. The molecular formula is C17H16FNO4. The Morgan fingerprint density at radius 2 is 1.91 bits per heavy atom. The number of hydrogen-bond acceptors (Lipinski definition) is 4. The molecule has 0 spiro atoms. The molecule has 23 heavy (non-hydrogen) atoms. The van der Waals surface area contributed by atoms with Crippen LogP contribution in [0.3, 0.4) is 0 Å². The summed E-state index contributed by atoms with van der Waals surface area (Å²) in [6, 6.07) is 11.2. The number of ether oxygens (including phenoxy) is 1. The minimum absolute atomic E-state index is 0.0924. The average molecular weight is 317 g/mol. The third-order valence-corrected chi connectivity index (χ3v) is 3.19. The van der Waals surface area contributed by atoms with Crippen LogP contribution in [0.4, 0.5) is 4.39 Å². The van der Waals surface area contributed by atoms with Gasteiger partial charge in [0, 0.05) is 5.56 Å². The van der Waals surface area contributed by atoms with E-state index in [4.69, 9.17) is 9.57 Å². The molecule has 0 amide bonds. The zero-order chi connectivity index (χ0) is 16.8. The molecule has 1 N–H and O–H groups in total. The molecule has 2 aromatic carbocycles. The summed E-state index contributed by atoms with van der Waals surface area (Å²) in [5.41, 5.74) is 1.03. The number of carboxylic acid groups (broad SMARTS) is 1. The van der Waals surface area contributed by atoms with Gasteiger partial charge in [-0.3, -0.25) is 0 Å². The number of benzene rings is 2. The monoisotopic (exact) mass is 317 g/mol. The summed E-state index contributed by atoms with van der Waals surface area (Å²) in [6.07, 6.45) is 0. The molecule has 0 aliphatic heterocycles. The van der Waals surface area contributed by atoms with Gasteiger partial charge in [0.15, 0.2) is 5.71 Å². The summed E-state index contributed by atoms with van der Waals surface area (Å²) < 4.78 is 18.6. The lowest BCUT2D eigenvalue weighted by atomic mass is 10.1. The van der Waals surface area contributed by atoms with Gasteiger partial charge in [0.2, 0.25) is 0 Å². The van der Waals surface area contributed by atoms with Gasteiger partial charge in [0.05, 0.1) is 7.11 Å². The number of aliphatic carboxylic acids is 1. The first kappa shape index (κ1) is 16.5. The van der Waals surface area contributed by atoms with Gasteiger partial charge >= 0.3 is 5.97 Å². The molecule has 0 unspecified atom stereocenters. The number of halogens is 1. The van der Waals surface area contributed by atoms with Gasteiger partial charge in [0.1, 0.15) is 18.2 Å².